The molecule has 2 saturated carbocycles. The Morgan fingerprint density at radius 1 is 1.32 bits per heavy atom. The Bertz CT molecular complexity index is 511. The van der Waals surface area contributed by atoms with Gasteiger partial charge < -0.3 is 18.9 Å². The van der Waals surface area contributed by atoms with E-state index in [2.05, 4.69) is 6.58 Å². The van der Waals surface area contributed by atoms with Gasteiger partial charge in [0.25, 0.3) is 0 Å². The highest BCUT2D eigenvalue weighted by Crippen LogP contribution is 2.76. The van der Waals surface area contributed by atoms with Crippen LogP contribution in [-0.2, 0) is 23.7 Å². The number of carbonyl (C=O) groups excluding carboxylic acids is 1. The quantitative estimate of drug-likeness (QED) is 0.590. The molecule has 0 amide bonds. The number of methoxy groups -OCH3 is 2. The summed E-state index contributed by atoms with van der Waals surface area (Å²) in [5, 5.41) is 0. The molecule has 5 heteroatoms. The van der Waals surface area contributed by atoms with Gasteiger partial charge >= 0.3 is 5.97 Å². The van der Waals surface area contributed by atoms with Gasteiger partial charge in [0.1, 0.15) is 5.92 Å². The van der Waals surface area contributed by atoms with E-state index < -0.39 is 17.1 Å². The molecule has 0 radical (unpaired) electrons. The van der Waals surface area contributed by atoms with Gasteiger partial charge in [0.15, 0.2) is 5.79 Å². The summed E-state index contributed by atoms with van der Waals surface area (Å²) in [6.07, 6.45) is 7.06. The number of esters is 1. The monoisotopic (exact) mass is 308 g/mol. The van der Waals surface area contributed by atoms with Gasteiger partial charge in [-0.3, -0.25) is 4.79 Å². The Morgan fingerprint density at radius 2 is 2.05 bits per heavy atom. The fourth-order valence-corrected chi connectivity index (χ4v) is 5.94. The second kappa shape index (κ2) is 4.56. The van der Waals surface area contributed by atoms with E-state index >= 15 is 0 Å². The second-order valence-electron chi connectivity index (χ2n) is 6.99. The van der Waals surface area contributed by atoms with Crippen molar-refractivity contribution >= 4 is 5.97 Å². The van der Waals surface area contributed by atoms with Crippen LogP contribution in [0.5, 0.6) is 0 Å². The molecular formula is C17H24O5. The summed E-state index contributed by atoms with van der Waals surface area (Å²) in [6, 6.07) is 0. The number of hydrogen-bond acceptors (Lipinski definition) is 5. The van der Waals surface area contributed by atoms with Crippen LogP contribution in [0.25, 0.3) is 0 Å². The molecule has 5 nitrogen and oxygen atoms in total. The average molecular weight is 308 g/mol. The summed E-state index contributed by atoms with van der Waals surface area (Å²) in [7, 11) is 3.04. The van der Waals surface area contributed by atoms with Gasteiger partial charge in [0.2, 0.25) is 0 Å². The minimum atomic E-state index is -0.920. The second-order valence-corrected chi connectivity index (χ2v) is 6.99. The predicted octanol–water partition coefficient (Wildman–Crippen LogP) is 2.05. The fraction of sp³-hybridized carbons (Fsp3) is 0.824. The van der Waals surface area contributed by atoms with Gasteiger partial charge in [-0.15, -0.1) is 6.58 Å². The van der Waals surface area contributed by atoms with Gasteiger partial charge in [-0.2, -0.15) is 0 Å². The van der Waals surface area contributed by atoms with E-state index in [1.165, 1.54) is 7.11 Å². The lowest BCUT2D eigenvalue weighted by Gasteiger charge is -2.66. The summed E-state index contributed by atoms with van der Waals surface area (Å²) < 4.78 is 23.5. The third-order valence-electron chi connectivity index (χ3n) is 6.60. The van der Waals surface area contributed by atoms with Crippen molar-refractivity contribution in [3.05, 3.63) is 12.7 Å². The first-order valence-electron chi connectivity index (χ1n) is 8.20. The van der Waals surface area contributed by atoms with E-state index in [4.69, 9.17) is 18.9 Å². The van der Waals surface area contributed by atoms with Gasteiger partial charge in [0.05, 0.1) is 31.3 Å². The molecule has 5 atom stereocenters. The zero-order valence-electron chi connectivity index (χ0n) is 13.3. The SMILES string of the molecule is C=C[C@]12[C@@H](C(=O)OC)[C@]3(OC)OCCC(OC14CCCC4)[C@@H]32. The summed E-state index contributed by atoms with van der Waals surface area (Å²) in [4.78, 5) is 12.6. The minimum absolute atomic E-state index is 0.0263. The molecule has 2 aliphatic carbocycles. The van der Waals surface area contributed by atoms with Crippen molar-refractivity contribution in [3.8, 4) is 0 Å². The molecule has 22 heavy (non-hydrogen) atoms. The number of hydrogen-bond donors (Lipinski definition) is 0. The van der Waals surface area contributed by atoms with Crippen LogP contribution < -0.4 is 0 Å². The minimum Gasteiger partial charge on any atom is -0.469 e. The first kappa shape index (κ1) is 14.7. The van der Waals surface area contributed by atoms with E-state index in [0.717, 1.165) is 32.1 Å². The maximum absolute atomic E-state index is 12.6. The predicted molar refractivity (Wildman–Crippen MR) is 78.0 cm³/mol. The van der Waals surface area contributed by atoms with Crippen LogP contribution in [-0.4, -0.2) is 44.3 Å². The average Bonchev–Trinajstić information content (AvgIpc) is 3.09. The standard InChI is InChI=1S/C17H24O5/c1-4-16-12-11(22-15(16)8-5-6-9-15)7-10-21-17(12,20-3)13(16)14(18)19-2/h4,11-13H,1,5-10H2,2-3H3/t11?,12-,13-,16+,17-/m1/s1. The van der Waals surface area contributed by atoms with Crippen LogP contribution >= 0.6 is 0 Å². The lowest BCUT2D eigenvalue weighted by atomic mass is 9.42. The van der Waals surface area contributed by atoms with Crippen LogP contribution in [0.2, 0.25) is 0 Å². The molecule has 122 valence electrons. The van der Waals surface area contributed by atoms with E-state index in [1.54, 1.807) is 7.11 Å². The van der Waals surface area contributed by atoms with E-state index in [0.29, 0.717) is 6.61 Å². The summed E-state index contributed by atoms with van der Waals surface area (Å²) in [6.45, 7) is 4.64. The maximum atomic E-state index is 12.6. The van der Waals surface area contributed by atoms with Crippen LogP contribution in [0.3, 0.4) is 0 Å². The van der Waals surface area contributed by atoms with Gasteiger partial charge in [0, 0.05) is 12.5 Å². The van der Waals surface area contributed by atoms with E-state index in [1.807, 2.05) is 6.08 Å². The van der Waals surface area contributed by atoms with Crippen LogP contribution in [0.15, 0.2) is 12.7 Å². The first-order valence-corrected chi connectivity index (χ1v) is 8.20. The van der Waals surface area contributed by atoms with Crippen molar-refractivity contribution in [3.63, 3.8) is 0 Å². The molecule has 2 heterocycles. The molecule has 2 saturated heterocycles. The Morgan fingerprint density at radius 3 is 2.64 bits per heavy atom. The van der Waals surface area contributed by atoms with Crippen molar-refractivity contribution in [1.82, 2.24) is 0 Å². The largest absolute Gasteiger partial charge is 0.469 e. The Labute approximate surface area is 130 Å². The zero-order valence-corrected chi connectivity index (χ0v) is 13.3. The highest BCUT2D eigenvalue weighted by Gasteiger charge is 2.86. The molecule has 4 aliphatic rings. The first-order chi connectivity index (χ1) is 10.6. The summed E-state index contributed by atoms with van der Waals surface area (Å²) in [5.74, 6) is -1.68. The van der Waals surface area contributed by atoms with E-state index in [-0.39, 0.29) is 23.6 Å². The van der Waals surface area contributed by atoms with Crippen molar-refractivity contribution in [2.45, 2.75) is 49.6 Å². The lowest BCUT2D eigenvalue weighted by Crippen LogP contribution is -2.78. The third-order valence-corrected chi connectivity index (χ3v) is 6.60. The molecule has 4 fully saturated rings. The molecule has 4 rings (SSSR count). The third kappa shape index (κ3) is 1.31. The van der Waals surface area contributed by atoms with Crippen molar-refractivity contribution < 1.29 is 23.7 Å². The smallest absolute Gasteiger partial charge is 0.315 e. The van der Waals surface area contributed by atoms with Crippen LogP contribution in [0.1, 0.15) is 32.1 Å². The molecule has 1 spiro atoms. The lowest BCUT2D eigenvalue weighted by molar-refractivity contribution is -0.386. The molecule has 0 aromatic heterocycles. The maximum Gasteiger partial charge on any atom is 0.315 e. The molecule has 0 bridgehead atoms. The molecular weight excluding hydrogens is 284 g/mol. The Kier molecular flexibility index (Phi) is 3.04. The topological polar surface area (TPSA) is 54.0 Å². The van der Waals surface area contributed by atoms with Gasteiger partial charge in [-0.05, 0) is 19.3 Å². The Hall–Kier alpha value is -0.910. The number of rotatable bonds is 3. The fourth-order valence-electron chi connectivity index (χ4n) is 5.94. The number of fused-ring (bicyclic) bond motifs is 1. The molecule has 2 aliphatic heterocycles. The van der Waals surface area contributed by atoms with E-state index in [9.17, 15) is 4.79 Å². The number of carbonyl (C=O) groups is 1. The van der Waals surface area contributed by atoms with Gasteiger partial charge in [-0.25, -0.2) is 0 Å². The van der Waals surface area contributed by atoms with Crippen LogP contribution in [0, 0.1) is 17.3 Å². The molecule has 1 unspecified atom stereocenters. The van der Waals surface area contributed by atoms with Crippen molar-refractivity contribution in [1.29, 1.82) is 0 Å². The normalized spacial score (nSPS) is 47.8. The highest BCUT2D eigenvalue weighted by molar-refractivity contribution is 5.78. The molecule has 0 aromatic carbocycles. The van der Waals surface area contributed by atoms with Crippen molar-refractivity contribution in [2.75, 3.05) is 20.8 Å². The van der Waals surface area contributed by atoms with Crippen LogP contribution in [0.4, 0.5) is 0 Å². The summed E-state index contributed by atoms with van der Waals surface area (Å²) >= 11 is 0. The molecule has 0 N–H and O–H groups in total. The Balaban J connectivity index is 1.88. The van der Waals surface area contributed by atoms with Gasteiger partial charge in [-0.1, -0.05) is 18.9 Å². The zero-order chi connectivity index (χ0) is 15.6. The number of ether oxygens (including phenoxy) is 4. The summed E-state index contributed by atoms with van der Waals surface area (Å²) in [5.41, 5.74) is -0.740. The van der Waals surface area contributed by atoms with Crippen molar-refractivity contribution in [2.24, 2.45) is 17.3 Å². The highest BCUT2D eigenvalue weighted by atomic mass is 16.7. The molecule has 0 aromatic rings.